The molecule has 0 bridgehead atoms. The molecule has 0 saturated heterocycles. The summed E-state index contributed by atoms with van der Waals surface area (Å²) in [7, 11) is 2.08. The van der Waals surface area contributed by atoms with Crippen LogP contribution in [0.1, 0.15) is 43.2 Å². The Kier molecular flexibility index (Phi) is 4.35. The van der Waals surface area contributed by atoms with E-state index in [1.54, 1.807) is 0 Å². The standard InChI is InChI=1S/C19H25N3O2/c1-12-10-11-21(5)16-8-6-7-9-17(16)22(12)19(23)13(2)18-14(3)20-24-15(18)4/h6-9,12-13H,10-11H2,1-5H3/t12-,13+/m0/s1. The van der Waals surface area contributed by atoms with Crippen molar-refractivity contribution in [2.75, 3.05) is 23.4 Å². The zero-order valence-corrected chi connectivity index (χ0v) is 15.0. The van der Waals surface area contributed by atoms with Crippen molar-refractivity contribution in [1.29, 1.82) is 0 Å². The fourth-order valence-electron chi connectivity index (χ4n) is 3.63. The molecule has 2 atom stereocenters. The van der Waals surface area contributed by atoms with Crippen molar-refractivity contribution in [3.63, 3.8) is 0 Å². The number of aromatic nitrogens is 1. The number of anilines is 2. The van der Waals surface area contributed by atoms with E-state index in [1.807, 2.05) is 43.9 Å². The van der Waals surface area contributed by atoms with Gasteiger partial charge >= 0.3 is 0 Å². The highest BCUT2D eigenvalue weighted by atomic mass is 16.5. The van der Waals surface area contributed by atoms with Crippen molar-refractivity contribution in [2.45, 2.75) is 46.1 Å². The monoisotopic (exact) mass is 327 g/mol. The van der Waals surface area contributed by atoms with Gasteiger partial charge in [-0.3, -0.25) is 4.79 Å². The topological polar surface area (TPSA) is 49.6 Å². The summed E-state index contributed by atoms with van der Waals surface area (Å²) < 4.78 is 5.26. The van der Waals surface area contributed by atoms with E-state index in [0.29, 0.717) is 0 Å². The second-order valence-corrected chi connectivity index (χ2v) is 6.72. The summed E-state index contributed by atoms with van der Waals surface area (Å²) in [6.07, 6.45) is 0.936. The van der Waals surface area contributed by atoms with Crippen molar-refractivity contribution in [3.8, 4) is 0 Å². The molecule has 2 heterocycles. The number of rotatable bonds is 2. The largest absolute Gasteiger partial charge is 0.373 e. The summed E-state index contributed by atoms with van der Waals surface area (Å²) in [5.74, 6) is 0.538. The van der Waals surface area contributed by atoms with Gasteiger partial charge < -0.3 is 14.3 Å². The van der Waals surface area contributed by atoms with Crippen LogP contribution in [0.3, 0.4) is 0 Å². The van der Waals surface area contributed by atoms with Crippen LogP contribution in [0.25, 0.3) is 0 Å². The van der Waals surface area contributed by atoms with E-state index in [2.05, 4.69) is 30.1 Å². The summed E-state index contributed by atoms with van der Waals surface area (Å²) in [5.41, 5.74) is 3.78. The van der Waals surface area contributed by atoms with Gasteiger partial charge in [-0.2, -0.15) is 0 Å². The maximum atomic E-state index is 13.4. The third-order valence-corrected chi connectivity index (χ3v) is 5.01. The zero-order chi connectivity index (χ0) is 17.4. The molecule has 128 valence electrons. The molecule has 5 nitrogen and oxygen atoms in total. The molecular weight excluding hydrogens is 302 g/mol. The van der Waals surface area contributed by atoms with Crippen LogP contribution < -0.4 is 9.80 Å². The van der Waals surface area contributed by atoms with Crippen LogP contribution in [0.15, 0.2) is 28.8 Å². The van der Waals surface area contributed by atoms with Gasteiger partial charge in [0.2, 0.25) is 5.91 Å². The van der Waals surface area contributed by atoms with E-state index in [1.165, 1.54) is 0 Å². The number of carbonyl (C=O) groups excluding carboxylic acids is 1. The van der Waals surface area contributed by atoms with Crippen LogP contribution in [-0.2, 0) is 4.79 Å². The molecule has 0 radical (unpaired) electrons. The maximum Gasteiger partial charge on any atom is 0.234 e. The fourth-order valence-corrected chi connectivity index (χ4v) is 3.63. The molecular formula is C19H25N3O2. The molecule has 1 amide bonds. The van der Waals surface area contributed by atoms with Gasteiger partial charge in [0.1, 0.15) is 5.76 Å². The number of aryl methyl sites for hydroxylation is 2. The smallest absolute Gasteiger partial charge is 0.234 e. The molecule has 1 aromatic heterocycles. The van der Waals surface area contributed by atoms with Gasteiger partial charge in [-0.25, -0.2) is 0 Å². The molecule has 0 aliphatic carbocycles. The first-order chi connectivity index (χ1) is 11.4. The summed E-state index contributed by atoms with van der Waals surface area (Å²) in [6, 6.07) is 8.27. The number of para-hydroxylation sites is 2. The predicted molar refractivity (Wildman–Crippen MR) is 95.7 cm³/mol. The second kappa shape index (κ2) is 6.30. The number of amides is 1. The molecule has 2 aromatic rings. The minimum atomic E-state index is -0.282. The Bertz CT molecular complexity index is 733. The molecule has 3 rings (SSSR count). The first kappa shape index (κ1) is 16.6. The molecule has 0 N–H and O–H groups in total. The molecule has 1 aliphatic rings. The first-order valence-corrected chi connectivity index (χ1v) is 8.47. The van der Waals surface area contributed by atoms with Crippen LogP contribution in [-0.4, -0.2) is 30.7 Å². The quantitative estimate of drug-likeness (QED) is 0.845. The number of benzene rings is 1. The second-order valence-electron chi connectivity index (χ2n) is 6.72. The van der Waals surface area contributed by atoms with Crippen LogP contribution in [0, 0.1) is 13.8 Å². The Balaban J connectivity index is 2.03. The van der Waals surface area contributed by atoms with Gasteiger partial charge in [0, 0.05) is 25.2 Å². The predicted octanol–water partition coefficient (Wildman–Crippen LogP) is 3.66. The number of fused-ring (bicyclic) bond motifs is 1. The minimum absolute atomic E-state index is 0.0969. The van der Waals surface area contributed by atoms with Crippen molar-refractivity contribution in [1.82, 2.24) is 5.16 Å². The SMILES string of the molecule is Cc1noc(C)c1[C@@H](C)C(=O)N1c2ccccc2N(C)CC[C@@H]1C. The van der Waals surface area contributed by atoms with Gasteiger partial charge in [0.25, 0.3) is 0 Å². The van der Waals surface area contributed by atoms with Crippen LogP contribution >= 0.6 is 0 Å². The van der Waals surface area contributed by atoms with Crippen molar-refractivity contribution in [2.24, 2.45) is 0 Å². The van der Waals surface area contributed by atoms with Gasteiger partial charge in [-0.1, -0.05) is 17.3 Å². The average Bonchev–Trinajstić information content (AvgIpc) is 2.84. The third-order valence-electron chi connectivity index (χ3n) is 5.01. The highest BCUT2D eigenvalue weighted by molar-refractivity contribution is 6.01. The molecule has 0 fully saturated rings. The summed E-state index contributed by atoms with van der Waals surface area (Å²) in [4.78, 5) is 17.5. The number of hydrogen-bond acceptors (Lipinski definition) is 4. The molecule has 24 heavy (non-hydrogen) atoms. The molecule has 0 unspecified atom stereocenters. The van der Waals surface area contributed by atoms with E-state index in [-0.39, 0.29) is 17.9 Å². The zero-order valence-electron chi connectivity index (χ0n) is 15.0. The molecule has 1 aliphatic heterocycles. The van der Waals surface area contributed by atoms with Crippen molar-refractivity contribution < 1.29 is 9.32 Å². The van der Waals surface area contributed by atoms with Crippen LogP contribution in [0.2, 0.25) is 0 Å². The Morgan fingerprint density at radius 1 is 1.29 bits per heavy atom. The molecule has 5 heteroatoms. The van der Waals surface area contributed by atoms with Gasteiger partial charge in [-0.05, 0) is 46.2 Å². The Morgan fingerprint density at radius 3 is 2.58 bits per heavy atom. The highest BCUT2D eigenvalue weighted by Gasteiger charge is 2.33. The lowest BCUT2D eigenvalue weighted by Gasteiger charge is -2.31. The number of nitrogens with zero attached hydrogens (tertiary/aromatic N) is 3. The minimum Gasteiger partial charge on any atom is -0.373 e. The van der Waals surface area contributed by atoms with Crippen LogP contribution in [0.4, 0.5) is 11.4 Å². The van der Waals surface area contributed by atoms with E-state index in [0.717, 1.165) is 41.4 Å². The van der Waals surface area contributed by atoms with E-state index in [9.17, 15) is 4.79 Å². The normalized spacial score (nSPS) is 19.0. The highest BCUT2D eigenvalue weighted by Crippen LogP contribution is 2.36. The summed E-state index contributed by atoms with van der Waals surface area (Å²) >= 11 is 0. The van der Waals surface area contributed by atoms with Gasteiger partial charge in [-0.15, -0.1) is 0 Å². The lowest BCUT2D eigenvalue weighted by Crippen LogP contribution is -2.41. The van der Waals surface area contributed by atoms with E-state index in [4.69, 9.17) is 4.52 Å². The number of hydrogen-bond donors (Lipinski definition) is 0. The third kappa shape index (κ3) is 2.68. The maximum absolute atomic E-state index is 13.4. The van der Waals surface area contributed by atoms with Crippen LogP contribution in [0.5, 0.6) is 0 Å². The molecule has 0 spiro atoms. The average molecular weight is 327 g/mol. The Hall–Kier alpha value is -2.30. The molecule has 1 aromatic carbocycles. The lowest BCUT2D eigenvalue weighted by molar-refractivity contribution is -0.120. The van der Waals surface area contributed by atoms with Gasteiger partial charge in [0.15, 0.2) is 0 Å². The number of carbonyl (C=O) groups is 1. The Morgan fingerprint density at radius 2 is 1.96 bits per heavy atom. The Labute approximate surface area is 143 Å². The fraction of sp³-hybridized carbons (Fsp3) is 0.474. The van der Waals surface area contributed by atoms with Crippen molar-refractivity contribution in [3.05, 3.63) is 41.3 Å². The van der Waals surface area contributed by atoms with E-state index < -0.39 is 0 Å². The van der Waals surface area contributed by atoms with E-state index >= 15 is 0 Å². The summed E-state index contributed by atoms with van der Waals surface area (Å²) in [6.45, 7) is 8.75. The summed E-state index contributed by atoms with van der Waals surface area (Å²) in [5, 5.41) is 4.00. The van der Waals surface area contributed by atoms with Crippen molar-refractivity contribution >= 4 is 17.3 Å². The van der Waals surface area contributed by atoms with Gasteiger partial charge in [0.05, 0.1) is 23.0 Å². The first-order valence-electron chi connectivity index (χ1n) is 8.47. The molecule has 0 saturated carbocycles. The lowest BCUT2D eigenvalue weighted by atomic mass is 9.96.